The minimum absolute atomic E-state index is 0.367. The van der Waals surface area contributed by atoms with Gasteiger partial charge in [-0.3, -0.25) is 0 Å². The van der Waals surface area contributed by atoms with Gasteiger partial charge in [0, 0.05) is 15.7 Å². The lowest BCUT2D eigenvalue weighted by Crippen LogP contribution is -2.40. The first-order valence-corrected chi connectivity index (χ1v) is 6.75. The molecule has 2 N–H and O–H groups in total. The van der Waals surface area contributed by atoms with E-state index in [1.807, 2.05) is 6.07 Å². The molecule has 3 nitrogen and oxygen atoms in total. The molecule has 1 atom stereocenters. The molecule has 0 bridgehead atoms. The second-order valence-corrected chi connectivity index (χ2v) is 5.40. The number of carbonyl (C=O) groups is 1. The van der Waals surface area contributed by atoms with Crippen LogP contribution in [0.5, 0.6) is 0 Å². The maximum atomic E-state index is 12.9. The number of hydrogen-bond donors (Lipinski definition) is 2. The van der Waals surface area contributed by atoms with Crippen molar-refractivity contribution >= 4 is 27.6 Å². The largest absolute Gasteiger partial charge is 0.479 e. The molecule has 0 amide bonds. The third kappa shape index (κ3) is 2.82. The molecule has 0 aliphatic heterocycles. The Balaban J connectivity index is 2.43. The molecular weight excluding hydrogens is 325 g/mol. The Morgan fingerprint density at radius 1 is 1.20 bits per heavy atom. The van der Waals surface area contributed by atoms with Crippen LogP contribution in [0.3, 0.4) is 0 Å². The first-order chi connectivity index (χ1) is 9.43. The average Bonchev–Trinajstić information content (AvgIpc) is 2.41. The first-order valence-electron chi connectivity index (χ1n) is 5.95. The average molecular weight is 338 g/mol. The molecule has 0 spiro atoms. The zero-order valence-electron chi connectivity index (χ0n) is 10.7. The van der Waals surface area contributed by atoms with Crippen LogP contribution in [0, 0.1) is 5.82 Å². The van der Waals surface area contributed by atoms with E-state index in [2.05, 4.69) is 21.2 Å². The Labute approximate surface area is 124 Å². The Hall–Kier alpha value is -1.88. The molecule has 0 aliphatic carbocycles. The lowest BCUT2D eigenvalue weighted by atomic mass is 9.91. The topological polar surface area (TPSA) is 49.3 Å². The van der Waals surface area contributed by atoms with Gasteiger partial charge in [0.15, 0.2) is 5.54 Å². The van der Waals surface area contributed by atoms with Crippen molar-refractivity contribution in [3.05, 3.63) is 64.4 Å². The molecule has 0 fully saturated rings. The van der Waals surface area contributed by atoms with Gasteiger partial charge >= 0.3 is 5.97 Å². The Morgan fingerprint density at radius 2 is 1.80 bits per heavy atom. The van der Waals surface area contributed by atoms with Gasteiger partial charge in [0.05, 0.1) is 0 Å². The Kier molecular flexibility index (Phi) is 4.09. The standard InChI is InChI=1S/C15H13BrFNO2/c1-15(14(19)20,12-4-2-3-5-13(12)16)18-11-8-6-10(17)7-9-11/h2-9,18H,1H3,(H,19,20). The van der Waals surface area contributed by atoms with E-state index in [-0.39, 0.29) is 5.82 Å². The molecule has 0 radical (unpaired) electrons. The van der Waals surface area contributed by atoms with Gasteiger partial charge in [0.2, 0.25) is 0 Å². The number of anilines is 1. The number of nitrogens with one attached hydrogen (secondary N) is 1. The van der Waals surface area contributed by atoms with E-state index in [1.54, 1.807) is 25.1 Å². The van der Waals surface area contributed by atoms with Gasteiger partial charge < -0.3 is 10.4 Å². The fraction of sp³-hybridized carbons (Fsp3) is 0.133. The van der Waals surface area contributed by atoms with Gasteiger partial charge in [-0.2, -0.15) is 0 Å². The van der Waals surface area contributed by atoms with Crippen molar-refractivity contribution in [1.29, 1.82) is 0 Å². The van der Waals surface area contributed by atoms with E-state index >= 15 is 0 Å². The number of benzene rings is 2. The number of halogens is 2. The number of hydrogen-bond acceptors (Lipinski definition) is 2. The van der Waals surface area contributed by atoms with Crippen LogP contribution >= 0.6 is 15.9 Å². The van der Waals surface area contributed by atoms with Gasteiger partial charge in [0.1, 0.15) is 5.82 Å². The van der Waals surface area contributed by atoms with Crippen molar-refractivity contribution in [3.8, 4) is 0 Å². The molecule has 0 aliphatic rings. The van der Waals surface area contributed by atoms with E-state index in [0.29, 0.717) is 15.7 Å². The summed E-state index contributed by atoms with van der Waals surface area (Å²) in [6, 6.07) is 12.7. The monoisotopic (exact) mass is 337 g/mol. The van der Waals surface area contributed by atoms with Crippen LogP contribution in [0.1, 0.15) is 12.5 Å². The van der Waals surface area contributed by atoms with E-state index in [1.165, 1.54) is 24.3 Å². The van der Waals surface area contributed by atoms with Crippen molar-refractivity contribution < 1.29 is 14.3 Å². The van der Waals surface area contributed by atoms with Crippen molar-refractivity contribution in [2.75, 3.05) is 5.32 Å². The molecule has 0 heterocycles. The van der Waals surface area contributed by atoms with Crippen LogP contribution in [0.4, 0.5) is 10.1 Å². The molecule has 2 aromatic carbocycles. The second kappa shape index (κ2) is 5.63. The summed E-state index contributed by atoms with van der Waals surface area (Å²) in [6.07, 6.45) is 0. The summed E-state index contributed by atoms with van der Waals surface area (Å²) in [4.78, 5) is 11.7. The van der Waals surface area contributed by atoms with Crippen molar-refractivity contribution in [2.45, 2.75) is 12.5 Å². The smallest absolute Gasteiger partial charge is 0.333 e. The summed E-state index contributed by atoms with van der Waals surface area (Å²) in [5, 5.41) is 12.5. The predicted octanol–water partition coefficient (Wildman–Crippen LogP) is 4.00. The molecule has 2 rings (SSSR count). The van der Waals surface area contributed by atoms with Crippen LogP contribution in [0.2, 0.25) is 0 Å². The summed E-state index contributed by atoms with van der Waals surface area (Å²) in [7, 11) is 0. The molecule has 5 heteroatoms. The zero-order chi connectivity index (χ0) is 14.8. The highest BCUT2D eigenvalue weighted by molar-refractivity contribution is 9.10. The predicted molar refractivity (Wildman–Crippen MR) is 79.2 cm³/mol. The maximum Gasteiger partial charge on any atom is 0.333 e. The third-order valence-electron chi connectivity index (χ3n) is 3.08. The molecular formula is C15H13BrFNO2. The second-order valence-electron chi connectivity index (χ2n) is 4.54. The van der Waals surface area contributed by atoms with Gasteiger partial charge in [0.25, 0.3) is 0 Å². The SMILES string of the molecule is CC(Nc1ccc(F)cc1)(C(=O)O)c1ccccc1Br. The molecule has 2 aromatic rings. The Morgan fingerprint density at radius 3 is 2.35 bits per heavy atom. The van der Waals surface area contributed by atoms with Crippen molar-refractivity contribution in [1.82, 2.24) is 0 Å². The molecule has 0 aromatic heterocycles. The quantitative estimate of drug-likeness (QED) is 0.886. The summed E-state index contributed by atoms with van der Waals surface area (Å²) < 4.78 is 13.6. The summed E-state index contributed by atoms with van der Waals surface area (Å²) >= 11 is 3.36. The fourth-order valence-electron chi connectivity index (χ4n) is 1.92. The van der Waals surface area contributed by atoms with Gasteiger partial charge in [-0.05, 0) is 37.3 Å². The molecule has 1 unspecified atom stereocenters. The molecule has 0 saturated carbocycles. The first kappa shape index (κ1) is 14.5. The highest BCUT2D eigenvalue weighted by atomic mass is 79.9. The Bertz CT molecular complexity index is 630. The number of carboxylic acids is 1. The van der Waals surface area contributed by atoms with E-state index in [9.17, 15) is 14.3 Å². The van der Waals surface area contributed by atoms with Gasteiger partial charge in [-0.1, -0.05) is 34.1 Å². The van der Waals surface area contributed by atoms with Crippen molar-refractivity contribution in [2.24, 2.45) is 0 Å². The van der Waals surface area contributed by atoms with Crippen LogP contribution in [-0.4, -0.2) is 11.1 Å². The fourth-order valence-corrected chi connectivity index (χ4v) is 2.61. The minimum Gasteiger partial charge on any atom is -0.479 e. The van der Waals surface area contributed by atoms with Gasteiger partial charge in [-0.25, -0.2) is 9.18 Å². The van der Waals surface area contributed by atoms with Crippen LogP contribution < -0.4 is 5.32 Å². The number of carboxylic acid groups (broad SMARTS) is 1. The van der Waals surface area contributed by atoms with Crippen LogP contribution in [0.25, 0.3) is 0 Å². The van der Waals surface area contributed by atoms with E-state index in [0.717, 1.165) is 0 Å². The maximum absolute atomic E-state index is 12.9. The molecule has 104 valence electrons. The summed E-state index contributed by atoms with van der Waals surface area (Å²) in [5.41, 5.74) is -0.193. The highest BCUT2D eigenvalue weighted by Gasteiger charge is 2.36. The van der Waals surface area contributed by atoms with Crippen LogP contribution in [-0.2, 0) is 10.3 Å². The van der Waals surface area contributed by atoms with Gasteiger partial charge in [-0.15, -0.1) is 0 Å². The molecule has 20 heavy (non-hydrogen) atoms. The van der Waals surface area contributed by atoms with Crippen LogP contribution in [0.15, 0.2) is 53.0 Å². The van der Waals surface area contributed by atoms with Crippen molar-refractivity contribution in [3.63, 3.8) is 0 Å². The minimum atomic E-state index is -1.32. The van der Waals surface area contributed by atoms with E-state index < -0.39 is 11.5 Å². The zero-order valence-corrected chi connectivity index (χ0v) is 12.3. The normalized spacial score (nSPS) is 13.6. The lowest BCUT2D eigenvalue weighted by Gasteiger charge is -2.29. The number of rotatable bonds is 4. The summed E-state index contributed by atoms with van der Waals surface area (Å²) in [6.45, 7) is 1.57. The third-order valence-corrected chi connectivity index (χ3v) is 3.77. The number of aliphatic carboxylic acids is 1. The van der Waals surface area contributed by atoms with E-state index in [4.69, 9.17) is 0 Å². The highest BCUT2D eigenvalue weighted by Crippen LogP contribution is 2.32. The summed E-state index contributed by atoms with van der Waals surface area (Å²) in [5.74, 6) is -1.39. The molecule has 0 saturated heterocycles. The lowest BCUT2D eigenvalue weighted by molar-refractivity contribution is -0.142.